The average molecular weight is 295 g/mol. The van der Waals surface area contributed by atoms with Gasteiger partial charge in [0.1, 0.15) is 5.82 Å². The van der Waals surface area contributed by atoms with Gasteiger partial charge >= 0.3 is 0 Å². The fourth-order valence-electron chi connectivity index (χ4n) is 2.66. The molecule has 5 nitrogen and oxygen atoms in total. The molecular weight excluding hydrogens is 282 g/mol. The van der Waals surface area contributed by atoms with Crippen molar-refractivity contribution in [2.75, 3.05) is 11.5 Å². The fraction of sp³-hybridized carbons (Fsp3) is 0.0667. The third-order valence-electron chi connectivity index (χ3n) is 3.56. The van der Waals surface area contributed by atoms with E-state index in [1.807, 2.05) is 6.07 Å². The fourth-order valence-corrected chi connectivity index (χ4v) is 3.36. The van der Waals surface area contributed by atoms with Crippen LogP contribution in [-0.2, 0) is 6.54 Å². The van der Waals surface area contributed by atoms with Crippen molar-refractivity contribution < 1.29 is 0 Å². The molecule has 0 saturated carbocycles. The summed E-state index contributed by atoms with van der Waals surface area (Å²) < 4.78 is 2.20. The van der Waals surface area contributed by atoms with Crippen LogP contribution in [0.1, 0.15) is 4.88 Å². The van der Waals surface area contributed by atoms with E-state index in [1.54, 1.807) is 11.3 Å². The highest BCUT2D eigenvalue weighted by Gasteiger charge is 2.11. The van der Waals surface area contributed by atoms with Crippen molar-refractivity contribution in [1.82, 2.24) is 14.5 Å². The molecule has 0 saturated heterocycles. The number of hydrogen-bond acceptors (Lipinski definition) is 5. The van der Waals surface area contributed by atoms with E-state index in [1.165, 1.54) is 4.88 Å². The molecule has 0 aliphatic heterocycles. The summed E-state index contributed by atoms with van der Waals surface area (Å²) in [7, 11) is 0. The van der Waals surface area contributed by atoms with Crippen LogP contribution in [0.2, 0.25) is 0 Å². The minimum Gasteiger partial charge on any atom is -0.383 e. The van der Waals surface area contributed by atoms with Crippen LogP contribution in [0.3, 0.4) is 0 Å². The van der Waals surface area contributed by atoms with Gasteiger partial charge in [-0.3, -0.25) is 0 Å². The topological polar surface area (TPSA) is 82.7 Å². The molecule has 6 heteroatoms. The second kappa shape index (κ2) is 4.46. The van der Waals surface area contributed by atoms with Crippen LogP contribution in [0.25, 0.3) is 21.8 Å². The van der Waals surface area contributed by atoms with Gasteiger partial charge in [0.15, 0.2) is 0 Å². The highest BCUT2D eigenvalue weighted by atomic mass is 32.1. The van der Waals surface area contributed by atoms with Crippen LogP contribution in [0, 0.1) is 0 Å². The van der Waals surface area contributed by atoms with Gasteiger partial charge in [-0.1, -0.05) is 6.07 Å². The number of benzene rings is 1. The van der Waals surface area contributed by atoms with Crippen molar-refractivity contribution in [2.45, 2.75) is 6.54 Å². The Morgan fingerprint density at radius 3 is 2.81 bits per heavy atom. The van der Waals surface area contributed by atoms with Gasteiger partial charge in [0.05, 0.1) is 17.4 Å². The number of nitrogens with zero attached hydrogens (tertiary/aromatic N) is 3. The van der Waals surface area contributed by atoms with Crippen LogP contribution in [0.15, 0.2) is 41.9 Å². The molecule has 0 spiro atoms. The Kier molecular flexibility index (Phi) is 2.58. The van der Waals surface area contributed by atoms with Crippen molar-refractivity contribution in [1.29, 1.82) is 0 Å². The molecule has 0 aliphatic carbocycles. The molecule has 104 valence electrons. The Labute approximate surface area is 124 Å². The number of rotatable bonds is 2. The molecule has 4 aromatic rings. The normalized spacial score (nSPS) is 11.4. The second-order valence-corrected chi connectivity index (χ2v) is 5.91. The lowest BCUT2D eigenvalue weighted by molar-refractivity contribution is 0.852. The molecule has 0 radical (unpaired) electrons. The molecule has 0 amide bonds. The van der Waals surface area contributed by atoms with Crippen molar-refractivity contribution >= 4 is 44.9 Å². The molecule has 0 atom stereocenters. The first-order valence-corrected chi connectivity index (χ1v) is 7.43. The Morgan fingerprint density at radius 1 is 1.10 bits per heavy atom. The van der Waals surface area contributed by atoms with E-state index in [0.717, 1.165) is 28.4 Å². The van der Waals surface area contributed by atoms with E-state index in [0.29, 0.717) is 5.82 Å². The predicted octanol–water partition coefficient (Wildman–Crippen LogP) is 2.86. The number of fused-ring (bicyclic) bond motifs is 3. The third kappa shape index (κ3) is 1.92. The van der Waals surface area contributed by atoms with E-state index < -0.39 is 0 Å². The molecule has 4 rings (SSSR count). The van der Waals surface area contributed by atoms with E-state index >= 15 is 0 Å². The Balaban J connectivity index is 1.95. The Bertz CT molecular complexity index is 940. The van der Waals surface area contributed by atoms with Crippen LogP contribution in [0.5, 0.6) is 0 Å². The number of aromatic nitrogens is 3. The maximum absolute atomic E-state index is 6.03. The van der Waals surface area contributed by atoms with Gasteiger partial charge in [-0.2, -0.15) is 4.98 Å². The number of nitrogens with two attached hydrogens (primary N) is 2. The quantitative estimate of drug-likeness (QED) is 0.595. The zero-order valence-electron chi connectivity index (χ0n) is 11.2. The number of nitrogen functional groups attached to an aromatic ring is 2. The molecule has 0 aliphatic rings. The molecule has 21 heavy (non-hydrogen) atoms. The van der Waals surface area contributed by atoms with Crippen LogP contribution in [0.4, 0.5) is 11.8 Å². The average Bonchev–Trinajstić information content (AvgIpc) is 3.08. The summed E-state index contributed by atoms with van der Waals surface area (Å²) >= 11 is 1.75. The number of thiophene rings is 1. The van der Waals surface area contributed by atoms with E-state index in [-0.39, 0.29) is 5.95 Å². The Hall–Kier alpha value is -2.60. The molecule has 1 aromatic carbocycles. The lowest BCUT2D eigenvalue weighted by Crippen LogP contribution is -2.01. The standard InChI is InChI=1S/C15H13N5S/c16-14-13-10-5-6-20(8-9-2-1-7-21-9)12(10)4-3-11(13)18-15(17)19-14/h1-7H,8H2,(H4,16,17,18,19). The minimum atomic E-state index is 0.206. The summed E-state index contributed by atoms with van der Waals surface area (Å²) in [5.41, 5.74) is 13.6. The zero-order valence-corrected chi connectivity index (χ0v) is 12.0. The first-order chi connectivity index (χ1) is 10.2. The summed E-state index contributed by atoms with van der Waals surface area (Å²) in [6.45, 7) is 0.850. The van der Waals surface area contributed by atoms with Gasteiger partial charge in [0.25, 0.3) is 0 Å². The molecular formula is C15H13N5S. The SMILES string of the molecule is Nc1nc(N)c2c(ccc3c2ccn3Cc2cccs2)n1. The van der Waals surface area contributed by atoms with E-state index in [2.05, 4.69) is 50.4 Å². The smallest absolute Gasteiger partial charge is 0.222 e. The highest BCUT2D eigenvalue weighted by Crippen LogP contribution is 2.29. The largest absolute Gasteiger partial charge is 0.383 e. The highest BCUT2D eigenvalue weighted by molar-refractivity contribution is 7.09. The van der Waals surface area contributed by atoms with Gasteiger partial charge in [0.2, 0.25) is 5.95 Å². The molecule has 0 unspecified atom stereocenters. The molecule has 0 bridgehead atoms. The summed E-state index contributed by atoms with van der Waals surface area (Å²) in [6.07, 6.45) is 2.07. The van der Waals surface area contributed by atoms with Crippen molar-refractivity contribution in [2.24, 2.45) is 0 Å². The Morgan fingerprint density at radius 2 is 2.00 bits per heavy atom. The molecule has 3 heterocycles. The van der Waals surface area contributed by atoms with Crippen molar-refractivity contribution in [3.05, 3.63) is 46.8 Å². The van der Waals surface area contributed by atoms with Gasteiger partial charge in [-0.05, 0) is 29.6 Å². The van der Waals surface area contributed by atoms with Crippen LogP contribution < -0.4 is 11.5 Å². The van der Waals surface area contributed by atoms with E-state index in [4.69, 9.17) is 11.5 Å². The maximum atomic E-state index is 6.03. The maximum Gasteiger partial charge on any atom is 0.222 e. The lowest BCUT2D eigenvalue weighted by atomic mass is 10.1. The molecule has 0 fully saturated rings. The minimum absolute atomic E-state index is 0.206. The monoisotopic (exact) mass is 295 g/mol. The third-order valence-corrected chi connectivity index (χ3v) is 4.42. The molecule has 4 N–H and O–H groups in total. The van der Waals surface area contributed by atoms with E-state index in [9.17, 15) is 0 Å². The van der Waals surface area contributed by atoms with Gasteiger partial charge in [-0.25, -0.2) is 4.98 Å². The molecule has 3 aromatic heterocycles. The van der Waals surface area contributed by atoms with Gasteiger partial charge in [-0.15, -0.1) is 11.3 Å². The van der Waals surface area contributed by atoms with Crippen LogP contribution in [-0.4, -0.2) is 14.5 Å². The number of anilines is 2. The zero-order chi connectivity index (χ0) is 14.4. The first kappa shape index (κ1) is 12.2. The van der Waals surface area contributed by atoms with Crippen molar-refractivity contribution in [3.8, 4) is 0 Å². The second-order valence-electron chi connectivity index (χ2n) is 4.88. The number of hydrogen-bond donors (Lipinski definition) is 2. The summed E-state index contributed by atoms with van der Waals surface area (Å²) in [6, 6.07) is 10.3. The predicted molar refractivity (Wildman–Crippen MR) is 87.3 cm³/mol. The first-order valence-electron chi connectivity index (χ1n) is 6.55. The van der Waals surface area contributed by atoms with Crippen LogP contribution >= 0.6 is 11.3 Å². The summed E-state index contributed by atoms with van der Waals surface area (Å²) in [5, 5.41) is 4.01. The van der Waals surface area contributed by atoms with Gasteiger partial charge in [0, 0.05) is 22.0 Å². The van der Waals surface area contributed by atoms with Crippen molar-refractivity contribution in [3.63, 3.8) is 0 Å². The summed E-state index contributed by atoms with van der Waals surface area (Å²) in [5.74, 6) is 0.634. The lowest BCUT2D eigenvalue weighted by Gasteiger charge is -2.06. The van der Waals surface area contributed by atoms with Gasteiger partial charge < -0.3 is 16.0 Å². The summed E-state index contributed by atoms with van der Waals surface area (Å²) in [4.78, 5) is 9.64.